The number of sulfonamides is 1. The summed E-state index contributed by atoms with van der Waals surface area (Å²) in [7, 11) is -0.632. The zero-order valence-electron chi connectivity index (χ0n) is 17.1. The van der Waals surface area contributed by atoms with E-state index in [2.05, 4.69) is 10.3 Å². The zero-order chi connectivity index (χ0) is 21.9. The van der Waals surface area contributed by atoms with Crippen LogP contribution in [0.2, 0.25) is 0 Å². The minimum Gasteiger partial charge on any atom is -0.494 e. The van der Waals surface area contributed by atoms with Gasteiger partial charge in [0.15, 0.2) is 5.58 Å². The molecule has 0 aliphatic rings. The van der Waals surface area contributed by atoms with Gasteiger partial charge in [-0.05, 0) is 56.3 Å². The first-order chi connectivity index (χ1) is 14.2. The van der Waals surface area contributed by atoms with Crippen LogP contribution in [0.15, 0.2) is 57.0 Å². The number of carbonyl (C=O) groups is 1. The second-order valence-corrected chi connectivity index (χ2v) is 10.0. The lowest BCUT2D eigenvalue weighted by atomic mass is 10.3. The van der Waals surface area contributed by atoms with Crippen LogP contribution in [0.1, 0.15) is 13.8 Å². The smallest absolute Gasteiger partial charge is 0.257 e. The molecule has 0 radical (unpaired) electrons. The number of aromatic nitrogens is 1. The number of rotatable bonds is 8. The number of anilines is 1. The highest BCUT2D eigenvalue weighted by Gasteiger charge is 2.21. The molecular weight excluding hydrogens is 426 g/mol. The van der Waals surface area contributed by atoms with Crippen LogP contribution >= 0.6 is 11.8 Å². The highest BCUT2D eigenvalue weighted by atomic mass is 32.2. The molecule has 0 saturated carbocycles. The highest BCUT2D eigenvalue weighted by molar-refractivity contribution is 8.00. The maximum absolute atomic E-state index is 12.5. The number of thioether (sulfide) groups is 1. The topological polar surface area (TPSA) is 102 Å². The van der Waals surface area contributed by atoms with Crippen LogP contribution in [0.5, 0.6) is 5.75 Å². The second-order valence-electron chi connectivity index (χ2n) is 6.60. The lowest BCUT2D eigenvalue weighted by Gasteiger charge is -2.10. The average Bonchev–Trinajstić information content (AvgIpc) is 3.10. The number of carbonyl (C=O) groups excluding carboxylic acids is 1. The summed E-state index contributed by atoms with van der Waals surface area (Å²) in [5, 5.41) is 2.65. The number of oxazole rings is 1. The molecule has 1 aromatic heterocycles. The van der Waals surface area contributed by atoms with Gasteiger partial charge in [-0.2, -0.15) is 0 Å². The summed E-state index contributed by atoms with van der Waals surface area (Å²) in [6.07, 6.45) is 0. The van der Waals surface area contributed by atoms with Gasteiger partial charge in [0.1, 0.15) is 11.3 Å². The summed E-state index contributed by atoms with van der Waals surface area (Å²) < 4.78 is 36.7. The summed E-state index contributed by atoms with van der Waals surface area (Å²) in [5.74, 6) is 0.530. The Morgan fingerprint density at radius 2 is 1.93 bits per heavy atom. The molecule has 1 atom stereocenters. The number of fused-ring (bicyclic) bond motifs is 1. The monoisotopic (exact) mass is 449 g/mol. The molecule has 10 heteroatoms. The van der Waals surface area contributed by atoms with E-state index in [9.17, 15) is 13.2 Å². The molecule has 1 N–H and O–H groups in total. The van der Waals surface area contributed by atoms with Gasteiger partial charge in [-0.15, -0.1) is 0 Å². The first kappa shape index (κ1) is 22.1. The molecule has 8 nitrogen and oxygen atoms in total. The number of ether oxygens (including phenoxy) is 1. The number of nitrogens with zero attached hydrogens (tertiary/aromatic N) is 2. The molecule has 0 fully saturated rings. The summed E-state index contributed by atoms with van der Waals surface area (Å²) in [6, 6.07) is 11.6. The molecule has 1 unspecified atom stereocenters. The molecule has 3 rings (SSSR count). The lowest BCUT2D eigenvalue weighted by Crippen LogP contribution is -2.22. The first-order valence-electron chi connectivity index (χ1n) is 9.24. The molecule has 0 saturated heterocycles. The fourth-order valence-electron chi connectivity index (χ4n) is 2.56. The van der Waals surface area contributed by atoms with Crippen molar-refractivity contribution in [1.82, 2.24) is 9.29 Å². The van der Waals surface area contributed by atoms with Crippen LogP contribution in [0.3, 0.4) is 0 Å². The van der Waals surface area contributed by atoms with Crippen molar-refractivity contribution in [2.45, 2.75) is 29.2 Å². The van der Waals surface area contributed by atoms with Crippen molar-refractivity contribution in [2.24, 2.45) is 0 Å². The van der Waals surface area contributed by atoms with Crippen molar-refractivity contribution in [1.29, 1.82) is 0 Å². The molecular formula is C20H23N3O5S2. The molecule has 160 valence electrons. The van der Waals surface area contributed by atoms with Crippen LogP contribution in [0, 0.1) is 0 Å². The maximum Gasteiger partial charge on any atom is 0.257 e. The summed E-state index contributed by atoms with van der Waals surface area (Å²) >= 11 is 1.15. The third kappa shape index (κ3) is 4.94. The Morgan fingerprint density at radius 3 is 2.57 bits per heavy atom. The van der Waals surface area contributed by atoms with Crippen molar-refractivity contribution in [3.8, 4) is 5.75 Å². The number of hydrogen-bond acceptors (Lipinski definition) is 7. The van der Waals surface area contributed by atoms with Crippen molar-refractivity contribution in [2.75, 3.05) is 26.0 Å². The van der Waals surface area contributed by atoms with Crippen molar-refractivity contribution in [3.05, 3.63) is 42.5 Å². The Kier molecular flexibility index (Phi) is 6.69. The van der Waals surface area contributed by atoms with Crippen LogP contribution in [-0.4, -0.2) is 49.6 Å². The largest absolute Gasteiger partial charge is 0.494 e. The van der Waals surface area contributed by atoms with Crippen molar-refractivity contribution < 1.29 is 22.4 Å². The predicted octanol–water partition coefficient (Wildman–Crippen LogP) is 3.60. The molecule has 30 heavy (non-hydrogen) atoms. The Balaban J connectivity index is 1.69. The normalized spacial score (nSPS) is 12.8. The molecule has 0 aliphatic carbocycles. The molecule has 0 bridgehead atoms. The summed E-state index contributed by atoms with van der Waals surface area (Å²) in [4.78, 5) is 16.9. The first-order valence-corrected chi connectivity index (χ1v) is 11.6. The Bertz CT molecular complexity index is 1140. The van der Waals surface area contributed by atoms with Gasteiger partial charge in [-0.25, -0.2) is 17.7 Å². The predicted molar refractivity (Wildman–Crippen MR) is 116 cm³/mol. The van der Waals surface area contributed by atoms with E-state index < -0.39 is 15.3 Å². The fraction of sp³-hybridized carbons (Fsp3) is 0.300. The quantitative estimate of drug-likeness (QED) is 0.524. The number of hydrogen-bond donors (Lipinski definition) is 1. The summed E-state index contributed by atoms with van der Waals surface area (Å²) in [5.41, 5.74) is 1.53. The third-order valence-electron chi connectivity index (χ3n) is 4.20. The third-order valence-corrected chi connectivity index (χ3v) is 6.95. The second kappa shape index (κ2) is 9.07. The van der Waals surface area contributed by atoms with Crippen molar-refractivity contribution in [3.63, 3.8) is 0 Å². The van der Waals surface area contributed by atoms with Crippen LogP contribution in [0.4, 0.5) is 5.69 Å². The van der Waals surface area contributed by atoms with Crippen LogP contribution < -0.4 is 10.1 Å². The van der Waals surface area contributed by atoms with Gasteiger partial charge in [0.25, 0.3) is 5.22 Å². The molecule has 0 spiro atoms. The van der Waals surface area contributed by atoms with Crippen LogP contribution in [0.25, 0.3) is 11.1 Å². The van der Waals surface area contributed by atoms with Gasteiger partial charge in [0, 0.05) is 19.8 Å². The standard InChI is InChI=1S/C20H23N3O5S2/c1-5-27-15-8-6-14(7-9-15)21-19(24)13(2)29-20-22-17-12-16(10-11-18(17)28-20)30(25,26)23(3)4/h6-13H,5H2,1-4H3,(H,21,24). The fourth-order valence-corrected chi connectivity index (χ4v) is 4.24. The maximum atomic E-state index is 12.5. The van der Waals surface area contributed by atoms with Gasteiger partial charge in [0.05, 0.1) is 16.8 Å². The average molecular weight is 450 g/mol. The summed E-state index contributed by atoms with van der Waals surface area (Å²) in [6.45, 7) is 4.22. The van der Waals surface area contributed by atoms with E-state index >= 15 is 0 Å². The van der Waals surface area contributed by atoms with Gasteiger partial charge in [-0.1, -0.05) is 11.8 Å². The van der Waals surface area contributed by atoms with Gasteiger partial charge >= 0.3 is 0 Å². The lowest BCUT2D eigenvalue weighted by molar-refractivity contribution is -0.115. The van der Waals surface area contributed by atoms with Crippen molar-refractivity contribution >= 4 is 44.5 Å². The molecule has 2 aromatic carbocycles. The van der Waals surface area contributed by atoms with E-state index in [1.807, 2.05) is 6.92 Å². The van der Waals surface area contributed by atoms with E-state index in [-0.39, 0.29) is 10.8 Å². The van der Waals surface area contributed by atoms with E-state index in [1.54, 1.807) is 37.3 Å². The van der Waals surface area contributed by atoms with E-state index in [0.717, 1.165) is 21.8 Å². The van der Waals surface area contributed by atoms with Gasteiger partial charge in [0.2, 0.25) is 15.9 Å². The van der Waals surface area contributed by atoms with E-state index in [4.69, 9.17) is 9.15 Å². The number of nitrogens with one attached hydrogen (secondary N) is 1. The van der Waals surface area contributed by atoms with Gasteiger partial charge in [-0.3, -0.25) is 4.79 Å². The van der Waals surface area contributed by atoms with Gasteiger partial charge < -0.3 is 14.5 Å². The molecule has 1 heterocycles. The van der Waals surface area contributed by atoms with E-state index in [1.165, 1.54) is 26.2 Å². The number of amides is 1. The minimum atomic E-state index is -3.57. The molecule has 1 amide bonds. The SMILES string of the molecule is CCOc1ccc(NC(=O)C(C)Sc2nc3cc(S(=O)(=O)N(C)C)ccc3o2)cc1. The Labute approximate surface area is 179 Å². The molecule has 0 aliphatic heterocycles. The molecule has 3 aromatic rings. The minimum absolute atomic E-state index is 0.131. The zero-order valence-corrected chi connectivity index (χ0v) is 18.7. The highest BCUT2D eigenvalue weighted by Crippen LogP contribution is 2.29. The van der Waals surface area contributed by atoms with E-state index in [0.29, 0.717) is 28.6 Å². The number of benzene rings is 2. The Hall–Kier alpha value is -2.56. The van der Waals surface area contributed by atoms with Crippen LogP contribution in [-0.2, 0) is 14.8 Å². The Morgan fingerprint density at radius 1 is 1.23 bits per heavy atom.